The Kier molecular flexibility index (Phi) is 5.11. The highest BCUT2D eigenvalue weighted by Gasteiger charge is 2.34. The molecule has 0 aliphatic heterocycles. The smallest absolute Gasteiger partial charge is 0.323 e. The highest BCUT2D eigenvalue weighted by atomic mass is 16.4. The summed E-state index contributed by atoms with van der Waals surface area (Å²) in [6, 6.07) is 0.0834. The van der Waals surface area contributed by atoms with E-state index >= 15 is 0 Å². The van der Waals surface area contributed by atoms with E-state index in [1.54, 1.807) is 13.1 Å². The van der Waals surface area contributed by atoms with Gasteiger partial charge in [-0.3, -0.25) is 4.79 Å². The van der Waals surface area contributed by atoms with Gasteiger partial charge in [0.05, 0.1) is 0 Å². The highest BCUT2D eigenvalue weighted by Crippen LogP contribution is 2.25. The average Bonchev–Trinajstić information content (AvgIpc) is 2.77. The van der Waals surface area contributed by atoms with Gasteiger partial charge in [-0.1, -0.05) is 20.8 Å². The molecule has 108 valence electrons. The van der Waals surface area contributed by atoms with E-state index in [0.717, 1.165) is 5.82 Å². The van der Waals surface area contributed by atoms with Crippen LogP contribution >= 0.6 is 0 Å². The van der Waals surface area contributed by atoms with Gasteiger partial charge in [0, 0.05) is 24.4 Å². The van der Waals surface area contributed by atoms with Crippen molar-refractivity contribution in [3.8, 4) is 0 Å². The molecule has 0 aliphatic carbocycles. The van der Waals surface area contributed by atoms with E-state index in [1.807, 2.05) is 20.0 Å². The molecule has 0 bridgehead atoms. The van der Waals surface area contributed by atoms with Gasteiger partial charge in [-0.15, -0.1) is 0 Å². The lowest BCUT2D eigenvalue weighted by Gasteiger charge is -2.30. The fourth-order valence-electron chi connectivity index (χ4n) is 2.46. The second-order valence-electron chi connectivity index (χ2n) is 5.57. The highest BCUT2D eigenvalue weighted by molar-refractivity contribution is 5.78. The number of imidazole rings is 1. The van der Waals surface area contributed by atoms with E-state index in [2.05, 4.69) is 28.7 Å². The molecule has 19 heavy (non-hydrogen) atoms. The van der Waals surface area contributed by atoms with Gasteiger partial charge in [-0.05, 0) is 26.8 Å². The molecule has 0 aromatic carbocycles. The van der Waals surface area contributed by atoms with Crippen LogP contribution in [0.25, 0.3) is 0 Å². The first-order valence-corrected chi connectivity index (χ1v) is 6.83. The number of rotatable bonds is 7. The molecule has 2 N–H and O–H groups in total. The zero-order valence-corrected chi connectivity index (χ0v) is 12.5. The molecule has 1 rings (SSSR count). The summed E-state index contributed by atoms with van der Waals surface area (Å²) in [6.07, 6.45) is 4.22. The van der Waals surface area contributed by atoms with E-state index < -0.39 is 11.5 Å². The summed E-state index contributed by atoms with van der Waals surface area (Å²) in [5.74, 6) is 0.511. The average molecular weight is 267 g/mol. The van der Waals surface area contributed by atoms with Gasteiger partial charge in [0.15, 0.2) is 0 Å². The molecular formula is C14H25N3O2. The summed E-state index contributed by atoms with van der Waals surface area (Å²) in [5, 5.41) is 12.5. The minimum Gasteiger partial charge on any atom is -0.480 e. The largest absolute Gasteiger partial charge is 0.480 e. The predicted octanol–water partition coefficient (Wildman–Crippen LogP) is 2.41. The lowest BCUT2D eigenvalue weighted by atomic mass is 9.93. The Morgan fingerprint density at radius 3 is 2.63 bits per heavy atom. The molecule has 1 heterocycles. The Morgan fingerprint density at radius 1 is 1.53 bits per heavy atom. The molecule has 0 saturated heterocycles. The van der Waals surface area contributed by atoms with Crippen molar-refractivity contribution < 1.29 is 9.90 Å². The molecule has 5 heteroatoms. The molecule has 0 fully saturated rings. The van der Waals surface area contributed by atoms with Crippen LogP contribution in [0.3, 0.4) is 0 Å². The standard InChI is InChI=1S/C14H25N3O2/c1-6-16-14(5,13(18)19)9-11(4)17-8-7-15-12(17)10(2)3/h7-8,10-11,16H,6,9H2,1-5H3,(H,18,19). The van der Waals surface area contributed by atoms with Crippen LogP contribution in [0.2, 0.25) is 0 Å². The maximum Gasteiger partial charge on any atom is 0.323 e. The Bertz CT molecular complexity index is 428. The first kappa shape index (κ1) is 15.7. The summed E-state index contributed by atoms with van der Waals surface area (Å²) in [7, 11) is 0. The molecule has 5 nitrogen and oxygen atoms in total. The SMILES string of the molecule is CCNC(C)(CC(C)n1ccnc1C(C)C)C(=O)O. The molecule has 0 amide bonds. The van der Waals surface area contributed by atoms with Crippen LogP contribution in [0.15, 0.2) is 12.4 Å². The van der Waals surface area contributed by atoms with E-state index in [-0.39, 0.29) is 6.04 Å². The number of nitrogens with one attached hydrogen (secondary N) is 1. The second-order valence-corrected chi connectivity index (χ2v) is 5.57. The predicted molar refractivity (Wildman–Crippen MR) is 75.4 cm³/mol. The maximum atomic E-state index is 11.4. The van der Waals surface area contributed by atoms with E-state index in [9.17, 15) is 9.90 Å². The quantitative estimate of drug-likeness (QED) is 0.796. The molecular weight excluding hydrogens is 242 g/mol. The van der Waals surface area contributed by atoms with E-state index in [1.165, 1.54) is 0 Å². The van der Waals surface area contributed by atoms with E-state index in [0.29, 0.717) is 18.9 Å². The van der Waals surface area contributed by atoms with E-state index in [4.69, 9.17) is 0 Å². The number of nitrogens with zero attached hydrogens (tertiary/aromatic N) is 2. The number of likely N-dealkylation sites (N-methyl/N-ethyl adjacent to an activating group) is 1. The number of carbonyl (C=O) groups is 1. The van der Waals surface area contributed by atoms with Gasteiger partial charge in [0.25, 0.3) is 0 Å². The fraction of sp³-hybridized carbons (Fsp3) is 0.714. The summed E-state index contributed by atoms with van der Waals surface area (Å²) in [6.45, 7) is 10.5. The van der Waals surface area contributed by atoms with Crippen LogP contribution in [0.4, 0.5) is 0 Å². The minimum atomic E-state index is -0.910. The number of carboxylic acid groups (broad SMARTS) is 1. The number of carboxylic acids is 1. The molecule has 2 unspecified atom stereocenters. The number of aliphatic carboxylic acids is 1. The Balaban J connectivity index is 2.91. The van der Waals surface area contributed by atoms with Crippen molar-refractivity contribution in [1.82, 2.24) is 14.9 Å². The van der Waals surface area contributed by atoms with Crippen molar-refractivity contribution in [2.75, 3.05) is 6.54 Å². The Morgan fingerprint density at radius 2 is 2.16 bits per heavy atom. The lowest BCUT2D eigenvalue weighted by Crippen LogP contribution is -2.50. The molecule has 1 aromatic rings. The fourth-order valence-corrected chi connectivity index (χ4v) is 2.46. The summed E-state index contributed by atoms with van der Waals surface area (Å²) >= 11 is 0. The third-order valence-corrected chi connectivity index (χ3v) is 3.43. The zero-order chi connectivity index (χ0) is 14.6. The molecule has 0 saturated carbocycles. The molecule has 0 radical (unpaired) electrons. The third-order valence-electron chi connectivity index (χ3n) is 3.43. The van der Waals surface area contributed by atoms with Crippen LogP contribution in [0, 0.1) is 0 Å². The van der Waals surface area contributed by atoms with Gasteiger partial charge in [-0.25, -0.2) is 4.98 Å². The van der Waals surface area contributed by atoms with Crippen LogP contribution < -0.4 is 5.32 Å². The normalized spacial score (nSPS) is 16.3. The van der Waals surface area contributed by atoms with Gasteiger partial charge < -0.3 is 15.0 Å². The second kappa shape index (κ2) is 6.19. The van der Waals surface area contributed by atoms with Crippen LogP contribution in [0.5, 0.6) is 0 Å². The van der Waals surface area contributed by atoms with Gasteiger partial charge in [0.2, 0.25) is 0 Å². The maximum absolute atomic E-state index is 11.4. The van der Waals surface area contributed by atoms with Crippen molar-refractivity contribution in [2.45, 2.75) is 58.5 Å². The topological polar surface area (TPSA) is 67.2 Å². The first-order valence-electron chi connectivity index (χ1n) is 6.83. The molecule has 0 aliphatic rings. The van der Waals surface area contributed by atoms with Crippen molar-refractivity contribution in [3.05, 3.63) is 18.2 Å². The van der Waals surface area contributed by atoms with Gasteiger partial charge in [0.1, 0.15) is 11.4 Å². The molecule has 2 atom stereocenters. The first-order chi connectivity index (χ1) is 8.81. The van der Waals surface area contributed by atoms with Crippen LogP contribution in [-0.2, 0) is 4.79 Å². The molecule has 0 spiro atoms. The summed E-state index contributed by atoms with van der Waals surface area (Å²) in [4.78, 5) is 15.8. The summed E-state index contributed by atoms with van der Waals surface area (Å²) in [5.41, 5.74) is -0.910. The number of hydrogen-bond acceptors (Lipinski definition) is 3. The monoisotopic (exact) mass is 267 g/mol. The summed E-state index contributed by atoms with van der Waals surface area (Å²) < 4.78 is 2.07. The lowest BCUT2D eigenvalue weighted by molar-refractivity contribution is -0.144. The van der Waals surface area contributed by atoms with Gasteiger partial charge in [-0.2, -0.15) is 0 Å². The van der Waals surface area contributed by atoms with Gasteiger partial charge >= 0.3 is 5.97 Å². The van der Waals surface area contributed by atoms with Crippen molar-refractivity contribution >= 4 is 5.97 Å². The number of aromatic nitrogens is 2. The van der Waals surface area contributed by atoms with Crippen LogP contribution in [0.1, 0.15) is 58.8 Å². The van der Waals surface area contributed by atoms with Crippen molar-refractivity contribution in [1.29, 1.82) is 0 Å². The molecule has 1 aromatic heterocycles. The Hall–Kier alpha value is -1.36. The zero-order valence-electron chi connectivity index (χ0n) is 12.5. The van der Waals surface area contributed by atoms with Crippen molar-refractivity contribution in [2.24, 2.45) is 0 Å². The van der Waals surface area contributed by atoms with Crippen molar-refractivity contribution in [3.63, 3.8) is 0 Å². The Labute approximate surface area is 115 Å². The minimum absolute atomic E-state index is 0.0834. The van der Waals surface area contributed by atoms with Crippen LogP contribution in [-0.4, -0.2) is 32.7 Å². The third kappa shape index (κ3) is 3.56. The number of hydrogen-bond donors (Lipinski definition) is 2.